The zero-order valence-corrected chi connectivity index (χ0v) is 16.4. The normalized spacial score (nSPS) is 12.1. The summed E-state index contributed by atoms with van der Waals surface area (Å²) in [6.45, 7) is 0. The second-order valence-electron chi connectivity index (χ2n) is 6.52. The Morgan fingerprint density at radius 1 is 0.935 bits per heavy atom. The van der Waals surface area contributed by atoms with E-state index in [2.05, 4.69) is 20.3 Å². The van der Waals surface area contributed by atoms with Gasteiger partial charge in [-0.05, 0) is 36.4 Å². The number of benzene rings is 2. The van der Waals surface area contributed by atoms with Gasteiger partial charge in [-0.25, -0.2) is 23.5 Å². The Bertz CT molecular complexity index is 1390. The van der Waals surface area contributed by atoms with Gasteiger partial charge in [0.1, 0.15) is 17.0 Å². The lowest BCUT2D eigenvalue weighted by atomic mass is 10.0. The Balaban J connectivity index is 1.80. The van der Waals surface area contributed by atoms with Crippen LogP contribution in [-0.4, -0.2) is 23.4 Å². The zero-order chi connectivity index (χ0) is 22.2. The van der Waals surface area contributed by atoms with Crippen LogP contribution in [0.25, 0.3) is 22.2 Å². The van der Waals surface area contributed by atoms with Crippen LogP contribution in [0.1, 0.15) is 5.56 Å². The number of hydrogen-bond acceptors (Lipinski definition) is 6. The molecule has 0 atom stereocenters. The zero-order valence-electron chi connectivity index (χ0n) is 15.6. The second-order valence-corrected chi connectivity index (χ2v) is 8.05. The number of primary sulfonamides is 1. The summed E-state index contributed by atoms with van der Waals surface area (Å²) in [6.07, 6.45) is -2.06. The highest BCUT2D eigenvalue weighted by Crippen LogP contribution is 2.37. The lowest BCUT2D eigenvalue weighted by Crippen LogP contribution is -2.14. The first-order valence-electron chi connectivity index (χ1n) is 8.81. The van der Waals surface area contributed by atoms with Gasteiger partial charge in [0.25, 0.3) is 0 Å². The topological polar surface area (TPSA) is 111 Å². The molecule has 11 heteroatoms. The van der Waals surface area contributed by atoms with E-state index in [0.29, 0.717) is 10.9 Å². The average molecular weight is 445 g/mol. The monoisotopic (exact) mass is 445 g/mol. The fourth-order valence-corrected chi connectivity index (χ4v) is 3.81. The first kappa shape index (κ1) is 20.7. The summed E-state index contributed by atoms with van der Waals surface area (Å²) in [7, 11) is -3.99. The quantitative estimate of drug-likeness (QED) is 0.489. The molecule has 2 aromatic heterocycles. The van der Waals surface area contributed by atoms with E-state index in [4.69, 9.17) is 5.14 Å². The lowest BCUT2D eigenvalue weighted by molar-refractivity contribution is -0.137. The number of pyridine rings is 1. The largest absolute Gasteiger partial charge is 0.418 e. The molecule has 0 fully saturated rings. The average Bonchev–Trinajstić information content (AvgIpc) is 2.72. The molecule has 3 N–H and O–H groups in total. The minimum atomic E-state index is -4.56. The van der Waals surface area contributed by atoms with Gasteiger partial charge < -0.3 is 5.32 Å². The number of nitrogens with two attached hydrogens (primary N) is 1. The first-order chi connectivity index (χ1) is 14.6. The number of alkyl halides is 3. The van der Waals surface area contributed by atoms with E-state index in [0.717, 1.165) is 6.07 Å². The summed E-state index contributed by atoms with van der Waals surface area (Å²) in [6, 6.07) is 12.7. The Labute approximate surface area is 174 Å². The third-order valence-corrected chi connectivity index (χ3v) is 5.44. The standard InChI is InChI=1S/C20H14F3N5O2S/c21-20(22,23)14-4-3-9-25-18(14)12-7-8-13-16(10-12)26-11-27-19(13)28-15-5-1-2-6-17(15)31(24,29)30/h1-11H,(H2,24,29,30)(H,26,27,28). The van der Waals surface area contributed by atoms with E-state index in [1.165, 1.54) is 48.9 Å². The van der Waals surface area contributed by atoms with Crippen molar-refractivity contribution < 1.29 is 21.6 Å². The molecular formula is C20H14F3N5O2S. The molecule has 4 aromatic rings. The lowest BCUT2D eigenvalue weighted by Gasteiger charge is -2.14. The summed E-state index contributed by atoms with van der Waals surface area (Å²) < 4.78 is 63.7. The maximum absolute atomic E-state index is 13.4. The van der Waals surface area contributed by atoms with Gasteiger partial charge in [0.05, 0.1) is 22.5 Å². The summed E-state index contributed by atoms with van der Waals surface area (Å²) in [5.74, 6) is 0.268. The molecule has 31 heavy (non-hydrogen) atoms. The SMILES string of the molecule is NS(=O)(=O)c1ccccc1Nc1ncnc2cc(-c3ncccc3C(F)(F)F)ccc12. The van der Waals surface area contributed by atoms with Crippen LogP contribution in [-0.2, 0) is 16.2 Å². The molecule has 0 aliphatic carbocycles. The fraction of sp³-hybridized carbons (Fsp3) is 0.0500. The number of anilines is 2. The van der Waals surface area contributed by atoms with Gasteiger partial charge in [-0.2, -0.15) is 13.2 Å². The summed E-state index contributed by atoms with van der Waals surface area (Å²) >= 11 is 0. The van der Waals surface area contributed by atoms with E-state index >= 15 is 0 Å². The summed E-state index contributed by atoms with van der Waals surface area (Å²) in [4.78, 5) is 12.0. The van der Waals surface area contributed by atoms with Crippen LogP contribution in [0.2, 0.25) is 0 Å². The van der Waals surface area contributed by atoms with E-state index in [1.807, 2.05) is 0 Å². The highest BCUT2D eigenvalue weighted by Gasteiger charge is 2.34. The highest BCUT2D eigenvalue weighted by atomic mass is 32.2. The summed E-state index contributed by atoms with van der Waals surface area (Å²) in [5.41, 5.74) is -0.288. The van der Waals surface area contributed by atoms with Crippen molar-refractivity contribution in [2.45, 2.75) is 11.1 Å². The van der Waals surface area contributed by atoms with Crippen molar-refractivity contribution in [2.75, 3.05) is 5.32 Å². The molecular weight excluding hydrogens is 431 g/mol. The molecule has 0 saturated heterocycles. The predicted octanol–water partition coefficient (Wildman–Crippen LogP) is 4.10. The number of para-hydroxylation sites is 1. The van der Waals surface area contributed by atoms with Gasteiger partial charge in [-0.1, -0.05) is 18.2 Å². The molecule has 2 heterocycles. The molecule has 158 valence electrons. The molecule has 7 nitrogen and oxygen atoms in total. The van der Waals surface area contributed by atoms with Gasteiger partial charge in [0.2, 0.25) is 10.0 Å². The van der Waals surface area contributed by atoms with Gasteiger partial charge >= 0.3 is 6.18 Å². The number of halogens is 3. The Morgan fingerprint density at radius 2 is 1.71 bits per heavy atom. The van der Waals surface area contributed by atoms with Crippen LogP contribution in [0.4, 0.5) is 24.7 Å². The van der Waals surface area contributed by atoms with Crippen molar-refractivity contribution in [1.82, 2.24) is 15.0 Å². The van der Waals surface area contributed by atoms with Gasteiger partial charge in [-0.3, -0.25) is 4.98 Å². The Morgan fingerprint density at radius 3 is 2.45 bits per heavy atom. The number of fused-ring (bicyclic) bond motifs is 1. The van der Waals surface area contributed by atoms with E-state index in [-0.39, 0.29) is 27.7 Å². The Hall–Kier alpha value is -3.57. The maximum Gasteiger partial charge on any atom is 0.418 e. The highest BCUT2D eigenvalue weighted by molar-refractivity contribution is 7.89. The third-order valence-electron chi connectivity index (χ3n) is 4.47. The summed E-state index contributed by atoms with van der Waals surface area (Å²) in [5, 5.41) is 8.64. The molecule has 0 aliphatic rings. The molecule has 4 rings (SSSR count). The van der Waals surface area contributed by atoms with Gasteiger partial charge in [-0.15, -0.1) is 0 Å². The molecule has 0 aliphatic heterocycles. The van der Waals surface area contributed by atoms with Crippen LogP contribution in [0.3, 0.4) is 0 Å². The molecule has 0 bridgehead atoms. The molecule has 0 radical (unpaired) electrons. The van der Waals surface area contributed by atoms with Crippen molar-refractivity contribution >= 4 is 32.4 Å². The number of nitrogens with one attached hydrogen (secondary N) is 1. The van der Waals surface area contributed by atoms with Crippen LogP contribution >= 0.6 is 0 Å². The predicted molar refractivity (Wildman–Crippen MR) is 109 cm³/mol. The van der Waals surface area contributed by atoms with Crippen LogP contribution in [0.15, 0.2) is 72.0 Å². The first-order valence-corrected chi connectivity index (χ1v) is 10.4. The molecule has 0 spiro atoms. The van der Waals surface area contributed by atoms with E-state index < -0.39 is 21.8 Å². The smallest absolute Gasteiger partial charge is 0.339 e. The van der Waals surface area contributed by atoms with E-state index in [9.17, 15) is 21.6 Å². The van der Waals surface area contributed by atoms with Crippen LogP contribution in [0.5, 0.6) is 0 Å². The Kier molecular flexibility index (Phi) is 5.07. The van der Waals surface area contributed by atoms with Crippen LogP contribution in [0, 0.1) is 0 Å². The molecule has 0 saturated carbocycles. The second kappa shape index (κ2) is 7.60. The van der Waals surface area contributed by atoms with Gasteiger partial charge in [0.15, 0.2) is 0 Å². The van der Waals surface area contributed by atoms with Crippen LogP contribution < -0.4 is 10.5 Å². The maximum atomic E-state index is 13.4. The molecule has 0 unspecified atom stereocenters. The molecule has 2 aromatic carbocycles. The van der Waals surface area contributed by atoms with Crippen molar-refractivity contribution in [1.29, 1.82) is 0 Å². The van der Waals surface area contributed by atoms with Crippen molar-refractivity contribution in [3.63, 3.8) is 0 Å². The minimum absolute atomic E-state index is 0.123. The third kappa shape index (κ3) is 4.18. The number of rotatable bonds is 4. The van der Waals surface area contributed by atoms with Gasteiger partial charge in [0, 0.05) is 17.1 Å². The number of nitrogens with zero attached hydrogens (tertiary/aromatic N) is 3. The number of aromatic nitrogens is 3. The van der Waals surface area contributed by atoms with Crippen molar-refractivity contribution in [2.24, 2.45) is 5.14 Å². The number of hydrogen-bond donors (Lipinski definition) is 2. The van der Waals surface area contributed by atoms with E-state index in [1.54, 1.807) is 12.1 Å². The van der Waals surface area contributed by atoms with Crippen molar-refractivity contribution in [3.8, 4) is 11.3 Å². The fourth-order valence-electron chi connectivity index (χ4n) is 3.11. The molecule has 0 amide bonds. The minimum Gasteiger partial charge on any atom is -0.339 e. The van der Waals surface area contributed by atoms with Crippen molar-refractivity contribution in [3.05, 3.63) is 72.7 Å². The number of sulfonamides is 1.